The van der Waals surface area contributed by atoms with E-state index >= 15 is 0 Å². The van der Waals surface area contributed by atoms with E-state index in [0.717, 1.165) is 5.56 Å². The lowest BCUT2D eigenvalue weighted by molar-refractivity contribution is -0.384. The third-order valence-corrected chi connectivity index (χ3v) is 2.28. The predicted molar refractivity (Wildman–Crippen MR) is 84.5 cm³/mol. The molecule has 2 aromatic rings. The Bertz CT molecular complexity index is 714. The van der Waals surface area contributed by atoms with Gasteiger partial charge in [-0.25, -0.2) is 0 Å². The zero-order chi connectivity index (χ0) is 16.6. The molecule has 0 atom stereocenters. The van der Waals surface area contributed by atoms with Crippen molar-refractivity contribution in [2.45, 2.75) is 6.61 Å². The fraction of sp³-hybridized carbons (Fsp3) is 0.0769. The number of hydrogen-bond acceptors (Lipinski definition) is 5. The average molecular weight is 364 g/mol. The van der Waals surface area contributed by atoms with E-state index in [4.69, 9.17) is 13.2 Å². The molecule has 0 aliphatic heterocycles. The first-order valence-corrected chi connectivity index (χ1v) is 8.94. The molecule has 0 unspecified atom stereocenters. The molecule has 0 aliphatic rings. The van der Waals surface area contributed by atoms with E-state index < -0.39 is 13.2 Å². The quantitative estimate of drug-likeness (QED) is 0.467. The van der Waals surface area contributed by atoms with Gasteiger partial charge in [-0.2, -0.15) is 8.42 Å². The molecule has 0 heterocycles. The van der Waals surface area contributed by atoms with E-state index in [-0.39, 0.29) is 5.69 Å². The van der Waals surface area contributed by atoms with Crippen LogP contribution in [0.25, 0.3) is 0 Å². The number of ether oxygens (including phenoxy) is 1. The van der Waals surface area contributed by atoms with Crippen molar-refractivity contribution in [3.63, 3.8) is 0 Å². The molecular weight excluding hydrogens is 353 g/mol. The molecule has 0 fully saturated rings. The molecule has 2 rings (SSSR count). The molecule has 0 bridgehead atoms. The molecular formula is C13H11Cl2NO5S. The van der Waals surface area contributed by atoms with Crippen LogP contribution in [0.2, 0.25) is 0 Å². The van der Waals surface area contributed by atoms with Gasteiger partial charge in [0.2, 0.25) is 0 Å². The van der Waals surface area contributed by atoms with Gasteiger partial charge in [-0.3, -0.25) is 10.1 Å². The number of hydrogen-bond donors (Lipinski definition) is 0. The minimum absolute atomic E-state index is 0.0376. The summed E-state index contributed by atoms with van der Waals surface area (Å²) in [6, 6.07) is 15.8. The van der Waals surface area contributed by atoms with Crippen molar-refractivity contribution >= 4 is 35.3 Å². The van der Waals surface area contributed by atoms with Crippen LogP contribution in [0.1, 0.15) is 5.56 Å². The van der Waals surface area contributed by atoms with Gasteiger partial charge in [0.15, 0.2) is 0 Å². The van der Waals surface area contributed by atoms with Crippen LogP contribution in [-0.2, 0) is 14.9 Å². The highest BCUT2D eigenvalue weighted by Gasteiger charge is 2.06. The van der Waals surface area contributed by atoms with Crippen LogP contribution in [0.3, 0.4) is 0 Å². The molecule has 0 N–H and O–H groups in total. The smallest absolute Gasteiger partial charge is 0.317 e. The topological polar surface area (TPSA) is 86.5 Å². The third-order valence-electron chi connectivity index (χ3n) is 2.28. The summed E-state index contributed by atoms with van der Waals surface area (Å²) in [5.41, 5.74) is 1.06. The maximum atomic E-state index is 10.6. The van der Waals surface area contributed by atoms with Crippen LogP contribution in [0.5, 0.6) is 5.75 Å². The average Bonchev–Trinajstić information content (AvgIpc) is 2.45. The Morgan fingerprint density at radius 3 is 2.18 bits per heavy atom. The van der Waals surface area contributed by atoms with Crippen molar-refractivity contribution in [1.29, 1.82) is 0 Å². The highest BCUT2D eigenvalue weighted by atomic mass is 36.0. The van der Waals surface area contributed by atoms with Crippen molar-refractivity contribution in [1.82, 2.24) is 0 Å². The van der Waals surface area contributed by atoms with E-state index in [1.165, 1.54) is 12.1 Å². The predicted octanol–water partition coefficient (Wildman–Crippen LogP) is 3.88. The van der Waals surface area contributed by atoms with E-state index in [9.17, 15) is 10.1 Å². The van der Waals surface area contributed by atoms with Gasteiger partial charge in [-0.1, -0.05) is 36.4 Å². The molecule has 0 amide bonds. The van der Waals surface area contributed by atoms with Gasteiger partial charge in [-0.15, -0.1) is 0 Å². The Kier molecular flexibility index (Phi) is 7.10. The van der Waals surface area contributed by atoms with Crippen molar-refractivity contribution in [2.75, 3.05) is 0 Å². The van der Waals surface area contributed by atoms with Crippen molar-refractivity contribution in [3.8, 4) is 5.75 Å². The Hall–Kier alpha value is -1.83. The zero-order valence-corrected chi connectivity index (χ0v) is 13.4. The van der Waals surface area contributed by atoms with E-state index in [1.807, 2.05) is 30.3 Å². The Balaban J connectivity index is 0.000000422. The van der Waals surface area contributed by atoms with Gasteiger partial charge < -0.3 is 4.74 Å². The lowest BCUT2D eigenvalue weighted by Crippen LogP contribution is -1.95. The SMILES string of the molecule is O=S(=O)(Cl)Cl.O=[N+]([O-])c1cccc(OCc2ccccc2)c1. The van der Waals surface area contributed by atoms with Gasteiger partial charge in [0.1, 0.15) is 12.4 Å². The largest absolute Gasteiger partial charge is 0.489 e. The van der Waals surface area contributed by atoms with E-state index in [0.29, 0.717) is 12.4 Å². The Morgan fingerprint density at radius 2 is 1.64 bits per heavy atom. The van der Waals surface area contributed by atoms with Crippen LogP contribution in [0.15, 0.2) is 54.6 Å². The summed E-state index contributed by atoms with van der Waals surface area (Å²) < 4.78 is 23.8. The standard InChI is InChI=1S/C13H11NO3.Cl2O2S/c15-14(16)12-7-4-8-13(9-12)17-10-11-5-2-1-3-6-11;1-5(2,3)4/h1-9H,10H2;. The van der Waals surface area contributed by atoms with Crippen LogP contribution in [-0.4, -0.2) is 13.3 Å². The second-order valence-electron chi connectivity index (χ2n) is 3.91. The number of halogens is 2. The maximum absolute atomic E-state index is 10.6. The summed E-state index contributed by atoms with van der Waals surface area (Å²) in [5, 5.41) is 10.6. The molecule has 0 spiro atoms. The summed E-state index contributed by atoms with van der Waals surface area (Å²) in [6.07, 6.45) is 0. The summed E-state index contributed by atoms with van der Waals surface area (Å²) in [6.45, 7) is 0.405. The molecule has 2 aromatic carbocycles. The van der Waals surface area contributed by atoms with Gasteiger partial charge in [-0.05, 0) is 11.6 Å². The minimum Gasteiger partial charge on any atom is -0.489 e. The number of benzene rings is 2. The van der Waals surface area contributed by atoms with Gasteiger partial charge >= 0.3 is 8.26 Å². The van der Waals surface area contributed by atoms with Crippen molar-refractivity contribution in [2.24, 2.45) is 0 Å². The molecule has 22 heavy (non-hydrogen) atoms. The fourth-order valence-electron chi connectivity index (χ4n) is 1.43. The van der Waals surface area contributed by atoms with E-state index in [1.54, 1.807) is 12.1 Å². The van der Waals surface area contributed by atoms with Gasteiger partial charge in [0.25, 0.3) is 5.69 Å². The molecule has 6 nitrogen and oxygen atoms in total. The number of rotatable bonds is 4. The fourth-order valence-corrected chi connectivity index (χ4v) is 1.43. The third kappa shape index (κ3) is 8.46. The van der Waals surface area contributed by atoms with Crippen molar-refractivity contribution < 1.29 is 18.1 Å². The first kappa shape index (κ1) is 18.2. The lowest BCUT2D eigenvalue weighted by atomic mass is 10.2. The van der Waals surface area contributed by atoms with Crippen molar-refractivity contribution in [3.05, 3.63) is 70.3 Å². The van der Waals surface area contributed by atoms with Crippen LogP contribution < -0.4 is 4.74 Å². The normalized spacial score (nSPS) is 10.3. The van der Waals surface area contributed by atoms with Crippen LogP contribution in [0.4, 0.5) is 5.69 Å². The summed E-state index contributed by atoms with van der Waals surface area (Å²) >= 11 is 0. The second kappa shape index (κ2) is 8.57. The molecule has 0 aromatic heterocycles. The lowest BCUT2D eigenvalue weighted by Gasteiger charge is -2.05. The number of nitro groups is 1. The molecule has 0 saturated carbocycles. The van der Waals surface area contributed by atoms with Gasteiger partial charge in [0, 0.05) is 27.4 Å². The monoisotopic (exact) mass is 363 g/mol. The first-order chi connectivity index (χ1) is 10.3. The Morgan fingerprint density at radius 1 is 1.05 bits per heavy atom. The molecule has 0 saturated heterocycles. The molecule has 118 valence electrons. The van der Waals surface area contributed by atoms with E-state index in [2.05, 4.69) is 21.4 Å². The number of non-ortho nitro benzene ring substituents is 1. The summed E-state index contributed by atoms with van der Waals surface area (Å²) in [4.78, 5) is 10.1. The summed E-state index contributed by atoms with van der Waals surface area (Å²) in [7, 11) is 4.81. The second-order valence-corrected chi connectivity index (χ2v) is 7.58. The van der Waals surface area contributed by atoms with Crippen LogP contribution >= 0.6 is 21.4 Å². The molecule has 9 heteroatoms. The molecule has 0 radical (unpaired) electrons. The van der Waals surface area contributed by atoms with Gasteiger partial charge in [0.05, 0.1) is 11.0 Å². The summed E-state index contributed by atoms with van der Waals surface area (Å²) in [5.74, 6) is 0.503. The first-order valence-electron chi connectivity index (χ1n) is 5.81. The maximum Gasteiger partial charge on any atom is 0.317 e. The number of nitrogens with zero attached hydrogens (tertiary/aromatic N) is 1. The number of nitro benzene ring substituents is 1. The highest BCUT2D eigenvalue weighted by Crippen LogP contribution is 2.19. The zero-order valence-electron chi connectivity index (χ0n) is 11.1. The highest BCUT2D eigenvalue weighted by molar-refractivity contribution is 8.31. The minimum atomic E-state index is -3.72. The Labute approximate surface area is 136 Å². The van der Waals surface area contributed by atoms with Crippen LogP contribution in [0, 0.1) is 10.1 Å². The molecule has 0 aliphatic carbocycles.